The Bertz CT molecular complexity index is 243. The van der Waals surface area contributed by atoms with Gasteiger partial charge in [0.15, 0.2) is 0 Å². The number of alkyl carbamates (subject to hydrolysis) is 1. The summed E-state index contributed by atoms with van der Waals surface area (Å²) in [6.07, 6.45) is 1.65. The van der Waals surface area contributed by atoms with Gasteiger partial charge in [0.05, 0.1) is 13.7 Å². The molecule has 5 nitrogen and oxygen atoms in total. The van der Waals surface area contributed by atoms with Crippen molar-refractivity contribution in [2.24, 2.45) is 5.92 Å². The van der Waals surface area contributed by atoms with Crippen LogP contribution in [0.25, 0.3) is 0 Å². The number of nitrogens with one attached hydrogen (secondary N) is 1. The first-order chi connectivity index (χ1) is 7.11. The normalized spacial score (nSPS) is 22.1. The van der Waals surface area contributed by atoms with Crippen LogP contribution >= 0.6 is 0 Å². The van der Waals surface area contributed by atoms with Crippen molar-refractivity contribution >= 4 is 12.0 Å². The quantitative estimate of drug-likeness (QED) is 0.731. The van der Waals surface area contributed by atoms with Crippen LogP contribution in [0.1, 0.15) is 19.8 Å². The molecule has 0 aromatic carbocycles. The van der Waals surface area contributed by atoms with Crippen molar-refractivity contribution in [3.63, 3.8) is 0 Å². The molecule has 0 aromatic rings. The molecule has 1 atom stereocenters. The van der Waals surface area contributed by atoms with Gasteiger partial charge in [0.1, 0.15) is 0 Å². The lowest BCUT2D eigenvalue weighted by Gasteiger charge is -2.29. The van der Waals surface area contributed by atoms with E-state index in [9.17, 15) is 9.59 Å². The Kier molecular flexibility index (Phi) is 4.55. The van der Waals surface area contributed by atoms with Crippen LogP contribution in [0.3, 0.4) is 0 Å². The van der Waals surface area contributed by atoms with Gasteiger partial charge in [0, 0.05) is 6.54 Å². The Hall–Kier alpha value is -1.10. The van der Waals surface area contributed by atoms with Crippen LogP contribution in [0.4, 0.5) is 4.79 Å². The van der Waals surface area contributed by atoms with E-state index in [1.54, 1.807) is 0 Å². The molecule has 1 aliphatic heterocycles. The molecule has 1 aliphatic rings. The van der Waals surface area contributed by atoms with E-state index < -0.39 is 6.09 Å². The number of carbonyl (C=O) groups excluding carboxylic acids is 2. The fourth-order valence-electron chi connectivity index (χ4n) is 1.84. The third-order valence-electron chi connectivity index (χ3n) is 2.54. The first-order valence-corrected chi connectivity index (χ1v) is 5.22. The first kappa shape index (κ1) is 12.0. The maximum atomic E-state index is 11.3. The second-order valence-electron chi connectivity index (χ2n) is 4.02. The molecule has 5 heteroatoms. The third kappa shape index (κ3) is 4.29. The summed E-state index contributed by atoms with van der Waals surface area (Å²) in [6, 6.07) is 0. The van der Waals surface area contributed by atoms with Gasteiger partial charge in [-0.3, -0.25) is 15.0 Å². The molecule has 1 saturated heterocycles. The van der Waals surface area contributed by atoms with Crippen LogP contribution in [0.2, 0.25) is 0 Å². The predicted molar refractivity (Wildman–Crippen MR) is 55.4 cm³/mol. The van der Waals surface area contributed by atoms with Crippen molar-refractivity contribution in [3.8, 4) is 0 Å². The topological polar surface area (TPSA) is 58.6 Å². The number of ether oxygens (including phenoxy) is 1. The maximum Gasteiger partial charge on any atom is 0.413 e. The Balaban J connectivity index is 2.27. The van der Waals surface area contributed by atoms with Crippen molar-refractivity contribution in [3.05, 3.63) is 0 Å². The van der Waals surface area contributed by atoms with Gasteiger partial charge in [0.25, 0.3) is 0 Å². The number of imide groups is 1. The van der Waals surface area contributed by atoms with Crippen LogP contribution in [-0.4, -0.2) is 43.6 Å². The molecule has 2 amide bonds. The van der Waals surface area contributed by atoms with Gasteiger partial charge in [-0.05, 0) is 25.3 Å². The highest BCUT2D eigenvalue weighted by molar-refractivity contribution is 5.92. The van der Waals surface area contributed by atoms with E-state index in [2.05, 4.69) is 21.9 Å². The molecule has 0 saturated carbocycles. The van der Waals surface area contributed by atoms with Gasteiger partial charge >= 0.3 is 6.09 Å². The molecule has 86 valence electrons. The summed E-state index contributed by atoms with van der Waals surface area (Å²) in [7, 11) is 1.24. The highest BCUT2D eigenvalue weighted by Crippen LogP contribution is 2.14. The van der Waals surface area contributed by atoms with Gasteiger partial charge in [-0.15, -0.1) is 0 Å². The minimum absolute atomic E-state index is 0.277. The molecule has 15 heavy (non-hydrogen) atoms. The van der Waals surface area contributed by atoms with E-state index >= 15 is 0 Å². The Morgan fingerprint density at radius 1 is 1.53 bits per heavy atom. The Labute approximate surface area is 89.8 Å². The molecule has 0 spiro atoms. The van der Waals surface area contributed by atoms with E-state index in [4.69, 9.17) is 0 Å². The molecule has 1 fully saturated rings. The fourth-order valence-corrected chi connectivity index (χ4v) is 1.84. The number of amides is 2. The second-order valence-corrected chi connectivity index (χ2v) is 4.02. The standard InChI is InChI=1S/C10H18N2O3/c1-8-4-3-5-12(6-8)7-9(13)11-10(14)15-2/h8H,3-7H2,1-2H3,(H,11,13,14)/t8-/m1/s1. The smallest absolute Gasteiger partial charge is 0.413 e. The zero-order chi connectivity index (χ0) is 11.3. The van der Waals surface area contributed by atoms with E-state index in [1.807, 2.05) is 0 Å². The van der Waals surface area contributed by atoms with Crippen LogP contribution in [0.15, 0.2) is 0 Å². The van der Waals surface area contributed by atoms with Gasteiger partial charge in [0.2, 0.25) is 5.91 Å². The summed E-state index contributed by atoms with van der Waals surface area (Å²) in [4.78, 5) is 24.2. The van der Waals surface area contributed by atoms with Crippen LogP contribution < -0.4 is 5.32 Å². The number of hydrogen-bond acceptors (Lipinski definition) is 4. The number of hydrogen-bond donors (Lipinski definition) is 1. The summed E-state index contributed by atoms with van der Waals surface area (Å²) < 4.78 is 4.34. The minimum atomic E-state index is -0.690. The number of nitrogens with zero attached hydrogens (tertiary/aromatic N) is 1. The molecular formula is C10H18N2O3. The molecular weight excluding hydrogens is 196 g/mol. The van der Waals surface area contributed by atoms with Gasteiger partial charge < -0.3 is 4.74 Å². The third-order valence-corrected chi connectivity index (χ3v) is 2.54. The zero-order valence-corrected chi connectivity index (χ0v) is 9.28. The number of carbonyl (C=O) groups is 2. The van der Waals surface area contributed by atoms with E-state index in [1.165, 1.54) is 13.5 Å². The van der Waals surface area contributed by atoms with Crippen molar-refractivity contribution in [1.82, 2.24) is 10.2 Å². The summed E-state index contributed by atoms with van der Waals surface area (Å²) in [5.74, 6) is 0.334. The summed E-state index contributed by atoms with van der Waals surface area (Å²) in [6.45, 7) is 4.30. The summed E-state index contributed by atoms with van der Waals surface area (Å²) >= 11 is 0. The first-order valence-electron chi connectivity index (χ1n) is 5.22. The lowest BCUT2D eigenvalue weighted by molar-refractivity contribution is -0.121. The van der Waals surface area contributed by atoms with E-state index in [-0.39, 0.29) is 12.5 Å². The highest BCUT2D eigenvalue weighted by Gasteiger charge is 2.19. The van der Waals surface area contributed by atoms with Crippen LogP contribution in [0.5, 0.6) is 0 Å². The van der Waals surface area contributed by atoms with E-state index in [0.29, 0.717) is 5.92 Å². The van der Waals surface area contributed by atoms with Crippen molar-refractivity contribution < 1.29 is 14.3 Å². The number of likely N-dealkylation sites (tertiary alicyclic amines) is 1. The molecule has 0 radical (unpaired) electrons. The average Bonchev–Trinajstić information content (AvgIpc) is 2.17. The zero-order valence-electron chi connectivity index (χ0n) is 9.28. The number of rotatable bonds is 2. The average molecular weight is 214 g/mol. The van der Waals surface area contributed by atoms with Crippen LogP contribution in [-0.2, 0) is 9.53 Å². The van der Waals surface area contributed by atoms with Crippen molar-refractivity contribution in [2.75, 3.05) is 26.7 Å². The number of methoxy groups -OCH3 is 1. The van der Waals surface area contributed by atoms with Crippen molar-refractivity contribution in [1.29, 1.82) is 0 Å². The maximum absolute atomic E-state index is 11.3. The Morgan fingerprint density at radius 3 is 2.87 bits per heavy atom. The van der Waals surface area contributed by atoms with Crippen LogP contribution in [0, 0.1) is 5.92 Å². The molecule has 0 aromatic heterocycles. The molecule has 1 heterocycles. The van der Waals surface area contributed by atoms with Gasteiger partial charge in [-0.25, -0.2) is 4.79 Å². The molecule has 0 bridgehead atoms. The van der Waals surface area contributed by atoms with Gasteiger partial charge in [-0.1, -0.05) is 6.92 Å². The lowest BCUT2D eigenvalue weighted by atomic mass is 10.0. The lowest BCUT2D eigenvalue weighted by Crippen LogP contribution is -2.43. The summed E-state index contributed by atoms with van der Waals surface area (Å²) in [5, 5.41) is 2.15. The predicted octanol–water partition coefficient (Wildman–Crippen LogP) is 0.601. The molecule has 1 N–H and O–H groups in total. The van der Waals surface area contributed by atoms with Gasteiger partial charge in [-0.2, -0.15) is 0 Å². The number of piperidine rings is 1. The fraction of sp³-hybridized carbons (Fsp3) is 0.800. The molecule has 0 aliphatic carbocycles. The minimum Gasteiger partial charge on any atom is -0.453 e. The largest absolute Gasteiger partial charge is 0.453 e. The van der Waals surface area contributed by atoms with E-state index in [0.717, 1.165) is 19.5 Å². The summed E-state index contributed by atoms with van der Waals surface area (Å²) in [5.41, 5.74) is 0. The highest BCUT2D eigenvalue weighted by atomic mass is 16.5. The molecule has 1 rings (SSSR count). The van der Waals surface area contributed by atoms with Crippen molar-refractivity contribution in [2.45, 2.75) is 19.8 Å². The second kappa shape index (κ2) is 5.70. The Morgan fingerprint density at radius 2 is 2.27 bits per heavy atom. The SMILES string of the molecule is COC(=O)NC(=O)CN1CCC[C@@H](C)C1. The molecule has 0 unspecified atom stereocenters. The monoisotopic (exact) mass is 214 g/mol.